The Morgan fingerprint density at radius 1 is 1.36 bits per heavy atom. The third-order valence-electron chi connectivity index (χ3n) is 1.42. The van der Waals surface area contributed by atoms with Gasteiger partial charge in [-0.3, -0.25) is 4.79 Å². The molecule has 3 heteroatoms. The number of hydrogen-bond donors (Lipinski definition) is 1. The Balaban J connectivity index is 0. The minimum Gasteiger partial charge on any atom is -0.481 e. The van der Waals surface area contributed by atoms with E-state index in [4.69, 9.17) is 5.11 Å². The summed E-state index contributed by atoms with van der Waals surface area (Å²) in [6, 6.07) is 0. The van der Waals surface area contributed by atoms with Crippen LogP contribution in [0.5, 0.6) is 0 Å². The molecule has 0 saturated carbocycles. The number of rotatable bonds is 5. The van der Waals surface area contributed by atoms with Crippen LogP contribution in [0.4, 0.5) is 0 Å². The van der Waals surface area contributed by atoms with E-state index in [9.17, 15) is 4.79 Å². The van der Waals surface area contributed by atoms with Crippen molar-refractivity contribution in [2.75, 3.05) is 0 Å². The molecule has 0 aromatic heterocycles. The molecule has 11 heavy (non-hydrogen) atoms. The maximum Gasteiger partial charge on any atom is 0.303 e. The van der Waals surface area contributed by atoms with E-state index in [1.54, 1.807) is 0 Å². The molecule has 0 saturated heterocycles. The zero-order chi connectivity index (χ0) is 7.98. The van der Waals surface area contributed by atoms with Gasteiger partial charge in [0.05, 0.1) is 0 Å². The molecular weight excluding hydrogens is 267 g/mol. The summed E-state index contributed by atoms with van der Waals surface area (Å²) in [7, 11) is 0. The molecule has 0 atom stereocenters. The van der Waals surface area contributed by atoms with E-state index in [2.05, 4.69) is 13.8 Å². The molecule has 2 nitrogen and oxygen atoms in total. The quantitative estimate of drug-likeness (QED) is 0.786. The van der Waals surface area contributed by atoms with Crippen molar-refractivity contribution in [1.29, 1.82) is 0 Å². The van der Waals surface area contributed by atoms with E-state index in [1.165, 1.54) is 0 Å². The molecule has 0 aliphatic carbocycles. The predicted octanol–water partition coefficient (Wildman–Crippen LogP) is 2.29. The van der Waals surface area contributed by atoms with Crippen LogP contribution in [0.3, 0.4) is 0 Å². The van der Waals surface area contributed by atoms with Crippen molar-refractivity contribution >= 4 is 5.97 Å². The fourth-order valence-electron chi connectivity index (χ4n) is 0.829. The number of aliphatic carboxylic acids is 1. The van der Waals surface area contributed by atoms with Crippen LogP contribution in [0.2, 0.25) is 0 Å². The van der Waals surface area contributed by atoms with Gasteiger partial charge in [0.15, 0.2) is 0 Å². The van der Waals surface area contributed by atoms with Gasteiger partial charge in [0.25, 0.3) is 0 Å². The summed E-state index contributed by atoms with van der Waals surface area (Å²) in [4.78, 5) is 10.0. The number of carbonyl (C=O) groups is 1. The molecular formula is C8H16LaO2. The SMILES string of the molecule is CC(C)CCCCC(=O)O.[La]. The van der Waals surface area contributed by atoms with Gasteiger partial charge >= 0.3 is 5.97 Å². The first-order valence-corrected chi connectivity index (χ1v) is 3.84. The van der Waals surface area contributed by atoms with Crippen LogP contribution < -0.4 is 0 Å². The Kier molecular flexibility index (Phi) is 11.3. The van der Waals surface area contributed by atoms with E-state index >= 15 is 0 Å². The van der Waals surface area contributed by atoms with Crippen molar-refractivity contribution in [3.63, 3.8) is 0 Å². The summed E-state index contributed by atoms with van der Waals surface area (Å²) >= 11 is 0. The second-order valence-electron chi connectivity index (χ2n) is 3.03. The fourth-order valence-corrected chi connectivity index (χ4v) is 0.829. The molecule has 0 aromatic rings. The molecule has 0 heterocycles. The van der Waals surface area contributed by atoms with Crippen LogP contribution in [0.1, 0.15) is 39.5 Å². The Hall–Kier alpha value is 0.665. The molecule has 0 rings (SSSR count). The van der Waals surface area contributed by atoms with E-state index < -0.39 is 5.97 Å². The van der Waals surface area contributed by atoms with Crippen LogP contribution in [-0.2, 0) is 4.79 Å². The first kappa shape index (κ1) is 14.2. The van der Waals surface area contributed by atoms with Gasteiger partial charge < -0.3 is 5.11 Å². The largest absolute Gasteiger partial charge is 0.481 e. The smallest absolute Gasteiger partial charge is 0.303 e. The summed E-state index contributed by atoms with van der Waals surface area (Å²) in [6.45, 7) is 4.31. The van der Waals surface area contributed by atoms with E-state index in [1.807, 2.05) is 0 Å². The topological polar surface area (TPSA) is 37.3 Å². The van der Waals surface area contributed by atoms with Gasteiger partial charge in [0, 0.05) is 42.0 Å². The summed E-state index contributed by atoms with van der Waals surface area (Å²) in [5.41, 5.74) is 0. The first-order chi connectivity index (χ1) is 4.63. The Labute approximate surface area is 96.4 Å². The second-order valence-corrected chi connectivity index (χ2v) is 3.03. The Morgan fingerprint density at radius 2 is 1.91 bits per heavy atom. The summed E-state index contributed by atoms with van der Waals surface area (Å²) < 4.78 is 0. The van der Waals surface area contributed by atoms with Crippen LogP contribution in [0, 0.1) is 41.5 Å². The predicted molar refractivity (Wildman–Crippen MR) is 40.9 cm³/mol. The van der Waals surface area contributed by atoms with Crippen molar-refractivity contribution in [3.05, 3.63) is 0 Å². The van der Waals surface area contributed by atoms with Gasteiger partial charge in [-0.15, -0.1) is 0 Å². The molecule has 0 spiro atoms. The van der Waals surface area contributed by atoms with Crippen molar-refractivity contribution in [2.45, 2.75) is 39.5 Å². The summed E-state index contributed by atoms with van der Waals surface area (Å²) in [5.74, 6) is 0.0255. The third-order valence-corrected chi connectivity index (χ3v) is 1.42. The van der Waals surface area contributed by atoms with Crippen molar-refractivity contribution in [1.82, 2.24) is 0 Å². The van der Waals surface area contributed by atoms with Gasteiger partial charge in [-0.1, -0.05) is 26.7 Å². The van der Waals surface area contributed by atoms with Crippen LogP contribution in [0.25, 0.3) is 0 Å². The fraction of sp³-hybridized carbons (Fsp3) is 0.875. The van der Waals surface area contributed by atoms with Gasteiger partial charge in [0.2, 0.25) is 0 Å². The van der Waals surface area contributed by atoms with Crippen molar-refractivity contribution < 1.29 is 45.5 Å². The van der Waals surface area contributed by atoms with Crippen LogP contribution >= 0.6 is 0 Å². The molecule has 0 aromatic carbocycles. The Morgan fingerprint density at radius 3 is 2.27 bits per heavy atom. The number of hydrogen-bond acceptors (Lipinski definition) is 1. The van der Waals surface area contributed by atoms with Crippen molar-refractivity contribution in [2.24, 2.45) is 5.92 Å². The molecule has 0 aliphatic heterocycles. The van der Waals surface area contributed by atoms with E-state index in [0.29, 0.717) is 12.3 Å². The summed E-state index contributed by atoms with van der Waals surface area (Å²) in [6.07, 6.45) is 3.34. The standard InChI is InChI=1S/C8H16O2.La/c1-7(2)5-3-4-6-8(9)10;/h7H,3-6H2,1-2H3,(H,9,10);. The molecule has 0 aliphatic rings. The van der Waals surface area contributed by atoms with Gasteiger partial charge in [-0.05, 0) is 12.3 Å². The average molecular weight is 283 g/mol. The van der Waals surface area contributed by atoms with Crippen LogP contribution in [0.15, 0.2) is 0 Å². The van der Waals surface area contributed by atoms with Gasteiger partial charge in [-0.2, -0.15) is 0 Å². The first-order valence-electron chi connectivity index (χ1n) is 3.84. The average Bonchev–Trinajstić information content (AvgIpc) is 1.79. The molecule has 0 unspecified atom stereocenters. The van der Waals surface area contributed by atoms with Gasteiger partial charge in [0.1, 0.15) is 0 Å². The number of carboxylic acid groups (broad SMARTS) is 1. The normalized spacial score (nSPS) is 9.36. The Bertz CT molecular complexity index is 102. The monoisotopic (exact) mass is 283 g/mol. The molecule has 63 valence electrons. The molecule has 1 N–H and O–H groups in total. The maximum atomic E-state index is 10.0. The molecule has 0 fully saturated rings. The molecule has 0 amide bonds. The van der Waals surface area contributed by atoms with Crippen molar-refractivity contribution in [3.8, 4) is 0 Å². The van der Waals surface area contributed by atoms with E-state index in [-0.39, 0.29) is 35.6 Å². The van der Waals surface area contributed by atoms with E-state index in [0.717, 1.165) is 19.3 Å². The zero-order valence-electron chi connectivity index (χ0n) is 7.34. The van der Waals surface area contributed by atoms with Crippen LogP contribution in [-0.4, -0.2) is 11.1 Å². The second kappa shape index (κ2) is 8.76. The zero-order valence-corrected chi connectivity index (χ0v) is 11.0. The maximum absolute atomic E-state index is 10.0. The number of unbranched alkanes of at least 4 members (excludes halogenated alkanes) is 1. The summed E-state index contributed by atoms with van der Waals surface area (Å²) in [5, 5.41) is 8.28. The van der Waals surface area contributed by atoms with Gasteiger partial charge in [-0.25, -0.2) is 0 Å². The molecule has 1 radical (unpaired) electrons. The number of carboxylic acids is 1. The third kappa shape index (κ3) is 13.6. The molecule has 0 bridgehead atoms. The minimum atomic E-state index is -0.677. The minimum absolute atomic E-state index is 0.